The predicted molar refractivity (Wildman–Crippen MR) is 71.1 cm³/mol. The van der Waals surface area contributed by atoms with E-state index >= 15 is 0 Å². The molecular weight excluding hydrogens is 244 g/mol. The van der Waals surface area contributed by atoms with Crippen molar-refractivity contribution in [3.63, 3.8) is 0 Å². The van der Waals surface area contributed by atoms with Crippen LogP contribution >= 0.6 is 0 Å². The number of hydrogen-bond donors (Lipinski definition) is 1. The van der Waals surface area contributed by atoms with Gasteiger partial charge in [0, 0.05) is 24.8 Å². The molecule has 1 aromatic carbocycles. The molecule has 19 heavy (non-hydrogen) atoms. The molecule has 4 nitrogen and oxygen atoms in total. The number of benzene rings is 1. The van der Waals surface area contributed by atoms with Crippen LogP contribution in [0.3, 0.4) is 0 Å². The largest absolute Gasteiger partial charge is 0.504 e. The summed E-state index contributed by atoms with van der Waals surface area (Å²) in [5.74, 6) is 1.65. The van der Waals surface area contributed by atoms with Crippen molar-refractivity contribution in [3.05, 3.63) is 35.3 Å². The van der Waals surface area contributed by atoms with Gasteiger partial charge in [-0.1, -0.05) is 13.0 Å². The maximum Gasteiger partial charge on any atom is 0.161 e. The second-order valence-corrected chi connectivity index (χ2v) is 4.53. The summed E-state index contributed by atoms with van der Waals surface area (Å²) < 4.78 is 10.1. The molecule has 2 rings (SSSR count). The Morgan fingerprint density at radius 3 is 2.74 bits per heavy atom. The first-order valence-corrected chi connectivity index (χ1v) is 6.40. The number of ether oxygens (including phenoxy) is 2. The summed E-state index contributed by atoms with van der Waals surface area (Å²) in [6.07, 6.45) is 3.81. The van der Waals surface area contributed by atoms with Crippen LogP contribution in [0.15, 0.2) is 24.2 Å². The fraction of sp³-hybridized carbons (Fsp3) is 0.400. The molecular formula is C15H18O4. The molecule has 0 radical (unpaired) electrons. The topological polar surface area (TPSA) is 59.1 Å². The van der Waals surface area contributed by atoms with Crippen LogP contribution in [0.2, 0.25) is 0 Å². The van der Waals surface area contributed by atoms with Crippen LogP contribution in [0.4, 0.5) is 0 Å². The van der Waals surface area contributed by atoms with Gasteiger partial charge in [0.2, 0.25) is 0 Å². The monoisotopic (exact) mass is 262 g/mol. The first kappa shape index (κ1) is 13.5. The Morgan fingerprint density at radius 2 is 2.16 bits per heavy atom. The number of hydrogen-bond acceptors (Lipinski definition) is 4. The van der Waals surface area contributed by atoms with E-state index < -0.39 is 0 Å². The molecule has 0 atom stereocenters. The van der Waals surface area contributed by atoms with Crippen LogP contribution in [0.5, 0.6) is 11.5 Å². The summed E-state index contributed by atoms with van der Waals surface area (Å²) in [6.45, 7) is 1.84. The number of allylic oxidation sites excluding steroid dienone is 1. The van der Waals surface area contributed by atoms with Gasteiger partial charge >= 0.3 is 0 Å². The van der Waals surface area contributed by atoms with Gasteiger partial charge in [-0.3, -0.25) is 4.79 Å². The third-order valence-electron chi connectivity index (χ3n) is 3.26. The smallest absolute Gasteiger partial charge is 0.161 e. The van der Waals surface area contributed by atoms with Crippen molar-refractivity contribution < 1.29 is 19.4 Å². The number of carbonyl (C=O) groups is 1. The molecule has 0 saturated carbocycles. The van der Waals surface area contributed by atoms with Gasteiger partial charge in [0.25, 0.3) is 0 Å². The van der Waals surface area contributed by atoms with Crippen molar-refractivity contribution in [2.24, 2.45) is 0 Å². The van der Waals surface area contributed by atoms with Gasteiger partial charge < -0.3 is 14.6 Å². The molecule has 0 unspecified atom stereocenters. The minimum Gasteiger partial charge on any atom is -0.504 e. The number of carbonyl (C=O) groups excluding carboxylic acids is 1. The molecule has 0 bridgehead atoms. The van der Waals surface area contributed by atoms with Crippen molar-refractivity contribution in [3.8, 4) is 11.5 Å². The number of aromatic hydroxyl groups is 1. The molecule has 0 fully saturated rings. The summed E-state index contributed by atoms with van der Waals surface area (Å²) in [4.78, 5) is 11.4. The lowest BCUT2D eigenvalue weighted by Crippen LogP contribution is -2.02. The van der Waals surface area contributed by atoms with Gasteiger partial charge in [0.15, 0.2) is 11.5 Å². The van der Waals surface area contributed by atoms with E-state index in [2.05, 4.69) is 0 Å². The first-order chi connectivity index (χ1) is 9.15. The molecule has 102 valence electrons. The highest BCUT2D eigenvalue weighted by atomic mass is 16.5. The Labute approximate surface area is 112 Å². The quantitative estimate of drug-likeness (QED) is 0.820. The van der Waals surface area contributed by atoms with E-state index in [9.17, 15) is 9.90 Å². The lowest BCUT2D eigenvalue weighted by Gasteiger charge is -2.13. The van der Waals surface area contributed by atoms with Crippen molar-refractivity contribution >= 4 is 5.78 Å². The average Bonchev–Trinajstić information content (AvgIpc) is 3.22. The van der Waals surface area contributed by atoms with Crippen molar-refractivity contribution in [2.45, 2.75) is 32.6 Å². The second-order valence-electron chi connectivity index (χ2n) is 4.53. The van der Waals surface area contributed by atoms with Crippen molar-refractivity contribution in [1.82, 2.24) is 0 Å². The Bertz CT molecular complexity index is 517. The van der Waals surface area contributed by atoms with Gasteiger partial charge in [-0.15, -0.1) is 0 Å². The molecule has 0 aromatic heterocycles. The second kappa shape index (κ2) is 5.78. The third kappa shape index (κ3) is 3.28. The standard InChI is InChI=1S/C15H18O4/c1-3-11(16)5-6-13-10(8-12-9-19-12)4-7-14(18-2)15(13)17/h4,7,9,17H,3,5-6,8H2,1-2H3. The van der Waals surface area contributed by atoms with Crippen LogP contribution in [0.1, 0.15) is 30.9 Å². The highest BCUT2D eigenvalue weighted by Crippen LogP contribution is 2.35. The summed E-state index contributed by atoms with van der Waals surface area (Å²) in [5.41, 5.74) is 1.75. The maximum absolute atomic E-state index is 11.4. The number of phenolic OH excluding ortho intramolecular Hbond substituents is 1. The summed E-state index contributed by atoms with van der Waals surface area (Å²) in [7, 11) is 1.52. The Kier molecular flexibility index (Phi) is 4.10. The van der Waals surface area contributed by atoms with E-state index in [-0.39, 0.29) is 11.5 Å². The van der Waals surface area contributed by atoms with Crippen molar-refractivity contribution in [2.75, 3.05) is 7.11 Å². The van der Waals surface area contributed by atoms with E-state index in [0.29, 0.717) is 31.4 Å². The van der Waals surface area contributed by atoms with Gasteiger partial charge in [0.1, 0.15) is 17.8 Å². The zero-order valence-corrected chi connectivity index (χ0v) is 11.2. The van der Waals surface area contributed by atoms with Crippen molar-refractivity contribution in [1.29, 1.82) is 0 Å². The number of phenols is 1. The lowest BCUT2D eigenvalue weighted by atomic mass is 9.97. The fourth-order valence-electron chi connectivity index (χ4n) is 2.02. The molecule has 0 spiro atoms. The normalized spacial score (nSPS) is 12.6. The first-order valence-electron chi connectivity index (χ1n) is 6.40. The van der Waals surface area contributed by atoms with E-state index in [1.165, 1.54) is 7.11 Å². The molecule has 1 aromatic rings. The number of Topliss-reactive ketones (excluding diaryl/α,β-unsaturated/α-hetero) is 1. The molecule has 0 aliphatic carbocycles. The average molecular weight is 262 g/mol. The van der Waals surface area contributed by atoms with Crippen LogP contribution in [-0.4, -0.2) is 18.0 Å². The SMILES string of the molecule is CCC(=O)CCc1c(CC2=CO2)ccc(OC)c1O. The highest BCUT2D eigenvalue weighted by Gasteiger charge is 2.18. The number of methoxy groups -OCH3 is 1. The molecule has 1 N–H and O–H groups in total. The van der Waals surface area contributed by atoms with Crippen LogP contribution in [0.25, 0.3) is 0 Å². The Morgan fingerprint density at radius 1 is 1.42 bits per heavy atom. The Balaban J connectivity index is 2.23. The molecule has 1 aliphatic rings. The maximum atomic E-state index is 11.4. The zero-order chi connectivity index (χ0) is 13.8. The third-order valence-corrected chi connectivity index (χ3v) is 3.26. The van der Waals surface area contributed by atoms with Crippen LogP contribution < -0.4 is 4.74 Å². The van der Waals surface area contributed by atoms with Crippen LogP contribution in [-0.2, 0) is 22.4 Å². The van der Waals surface area contributed by atoms with Crippen LogP contribution in [0, 0.1) is 0 Å². The van der Waals surface area contributed by atoms with Gasteiger partial charge in [0.05, 0.1) is 7.11 Å². The number of rotatable bonds is 7. The van der Waals surface area contributed by atoms with E-state index in [1.54, 1.807) is 12.3 Å². The molecule has 0 saturated heterocycles. The fourth-order valence-corrected chi connectivity index (χ4v) is 2.02. The molecule has 1 aliphatic heterocycles. The van der Waals surface area contributed by atoms with E-state index in [1.807, 2.05) is 13.0 Å². The number of ketones is 1. The zero-order valence-electron chi connectivity index (χ0n) is 11.2. The molecule has 4 heteroatoms. The van der Waals surface area contributed by atoms with E-state index in [4.69, 9.17) is 9.47 Å². The minimum absolute atomic E-state index is 0.130. The van der Waals surface area contributed by atoms with Gasteiger partial charge in [-0.25, -0.2) is 0 Å². The highest BCUT2D eigenvalue weighted by molar-refractivity contribution is 5.78. The van der Waals surface area contributed by atoms with E-state index in [0.717, 1.165) is 16.9 Å². The minimum atomic E-state index is 0.130. The summed E-state index contributed by atoms with van der Waals surface area (Å²) >= 11 is 0. The summed E-state index contributed by atoms with van der Waals surface area (Å²) in [5, 5.41) is 10.2. The molecule has 0 amide bonds. The summed E-state index contributed by atoms with van der Waals surface area (Å²) in [6, 6.07) is 3.64. The Hall–Kier alpha value is -1.97. The molecule has 1 heterocycles. The van der Waals surface area contributed by atoms with Gasteiger partial charge in [-0.05, 0) is 18.1 Å². The van der Waals surface area contributed by atoms with Gasteiger partial charge in [-0.2, -0.15) is 0 Å². The lowest BCUT2D eigenvalue weighted by molar-refractivity contribution is -0.118. The predicted octanol–water partition coefficient (Wildman–Crippen LogP) is 2.73.